The van der Waals surface area contributed by atoms with Gasteiger partial charge in [-0.25, -0.2) is 0 Å². The number of rotatable bonds is 2. The first kappa shape index (κ1) is 11.1. The average Bonchev–Trinajstić information content (AvgIpc) is 2.78. The molecule has 2 aromatic rings. The van der Waals surface area contributed by atoms with Crippen molar-refractivity contribution in [3.05, 3.63) is 41.4 Å². The van der Waals surface area contributed by atoms with Gasteiger partial charge in [0.1, 0.15) is 6.07 Å². The Bertz CT molecular complexity index is 609. The summed E-state index contributed by atoms with van der Waals surface area (Å²) in [6.45, 7) is 1.69. The number of hydrogen-bond donors (Lipinski definition) is 0. The second kappa shape index (κ2) is 4.31. The Morgan fingerprint density at radius 1 is 1.39 bits per heavy atom. The van der Waals surface area contributed by atoms with Crippen molar-refractivity contribution < 1.29 is 0 Å². The van der Waals surface area contributed by atoms with Gasteiger partial charge in [0.15, 0.2) is 0 Å². The van der Waals surface area contributed by atoms with E-state index in [4.69, 9.17) is 16.9 Å². The summed E-state index contributed by atoms with van der Waals surface area (Å²) in [5, 5.41) is 13.6. The first-order valence-corrected chi connectivity index (χ1v) is 5.94. The Hall–Kier alpha value is -2.06. The quantitative estimate of drug-likeness (QED) is 0.826. The molecule has 0 aromatic carbocycles. The van der Waals surface area contributed by atoms with E-state index in [1.54, 1.807) is 24.8 Å². The number of hydrogen-bond acceptors (Lipinski definition) is 4. The molecule has 0 unspecified atom stereocenters. The normalized spacial score (nSPS) is 15.2. The molecule has 0 bridgehead atoms. The predicted molar refractivity (Wildman–Crippen MR) is 67.4 cm³/mol. The SMILES string of the molecule is N#Cc1cnn(C2CN(c3ccncc3Cl)C2)c1. The lowest BCUT2D eigenvalue weighted by Crippen LogP contribution is -2.48. The molecule has 0 spiro atoms. The smallest absolute Gasteiger partial charge is 0.102 e. The Morgan fingerprint density at radius 2 is 2.22 bits per heavy atom. The molecule has 0 atom stereocenters. The van der Waals surface area contributed by atoms with Crippen molar-refractivity contribution in [1.82, 2.24) is 14.8 Å². The molecule has 2 aromatic heterocycles. The third kappa shape index (κ3) is 1.81. The van der Waals surface area contributed by atoms with Crippen LogP contribution in [0.15, 0.2) is 30.9 Å². The van der Waals surface area contributed by atoms with E-state index >= 15 is 0 Å². The fourth-order valence-corrected chi connectivity index (χ4v) is 2.28. The summed E-state index contributed by atoms with van der Waals surface area (Å²) >= 11 is 6.08. The first-order valence-electron chi connectivity index (χ1n) is 5.56. The number of pyridine rings is 1. The van der Waals surface area contributed by atoms with Gasteiger partial charge in [0.2, 0.25) is 0 Å². The minimum Gasteiger partial charge on any atom is -0.366 e. The highest BCUT2D eigenvalue weighted by atomic mass is 35.5. The fourth-order valence-electron chi connectivity index (χ4n) is 2.04. The van der Waals surface area contributed by atoms with E-state index in [0.29, 0.717) is 16.6 Å². The molecule has 18 heavy (non-hydrogen) atoms. The van der Waals surface area contributed by atoms with E-state index in [2.05, 4.69) is 21.1 Å². The molecule has 90 valence electrons. The van der Waals surface area contributed by atoms with Crippen molar-refractivity contribution in [2.24, 2.45) is 0 Å². The third-order valence-electron chi connectivity index (χ3n) is 3.06. The zero-order chi connectivity index (χ0) is 12.5. The van der Waals surface area contributed by atoms with Crippen LogP contribution in [0.4, 0.5) is 5.69 Å². The van der Waals surface area contributed by atoms with Gasteiger partial charge in [-0.3, -0.25) is 9.67 Å². The van der Waals surface area contributed by atoms with Crippen molar-refractivity contribution in [3.8, 4) is 6.07 Å². The van der Waals surface area contributed by atoms with Crippen LogP contribution in [-0.4, -0.2) is 27.9 Å². The molecular weight excluding hydrogens is 250 g/mol. The van der Waals surface area contributed by atoms with Crippen LogP contribution in [0, 0.1) is 11.3 Å². The van der Waals surface area contributed by atoms with Crippen molar-refractivity contribution in [2.45, 2.75) is 6.04 Å². The number of nitrogens with zero attached hydrogens (tertiary/aromatic N) is 5. The van der Waals surface area contributed by atoms with Gasteiger partial charge >= 0.3 is 0 Å². The van der Waals surface area contributed by atoms with Gasteiger partial charge in [-0.1, -0.05) is 11.6 Å². The number of anilines is 1. The number of aromatic nitrogens is 3. The molecule has 0 aliphatic carbocycles. The van der Waals surface area contributed by atoms with Gasteiger partial charge in [0.25, 0.3) is 0 Å². The summed E-state index contributed by atoms with van der Waals surface area (Å²) in [7, 11) is 0. The van der Waals surface area contributed by atoms with Gasteiger partial charge in [0.05, 0.1) is 28.5 Å². The molecule has 0 saturated carbocycles. The van der Waals surface area contributed by atoms with Crippen molar-refractivity contribution >= 4 is 17.3 Å². The molecule has 3 heterocycles. The van der Waals surface area contributed by atoms with E-state index in [9.17, 15) is 0 Å². The van der Waals surface area contributed by atoms with Crippen molar-refractivity contribution in [3.63, 3.8) is 0 Å². The Labute approximate surface area is 109 Å². The molecular formula is C12H10ClN5. The predicted octanol–water partition coefficient (Wildman–Crippen LogP) is 1.86. The zero-order valence-corrected chi connectivity index (χ0v) is 10.2. The fraction of sp³-hybridized carbons (Fsp3) is 0.250. The molecule has 1 saturated heterocycles. The van der Waals surface area contributed by atoms with Gasteiger partial charge in [-0.2, -0.15) is 10.4 Å². The van der Waals surface area contributed by atoms with Crippen LogP contribution in [-0.2, 0) is 0 Å². The summed E-state index contributed by atoms with van der Waals surface area (Å²) in [5.74, 6) is 0. The summed E-state index contributed by atoms with van der Waals surface area (Å²) in [6.07, 6.45) is 6.74. The van der Waals surface area contributed by atoms with Crippen LogP contribution in [0.5, 0.6) is 0 Å². The van der Waals surface area contributed by atoms with Crippen LogP contribution < -0.4 is 4.90 Å². The molecule has 0 amide bonds. The highest BCUT2D eigenvalue weighted by Crippen LogP contribution is 2.32. The second-order valence-corrected chi connectivity index (χ2v) is 4.61. The number of nitriles is 1. The van der Waals surface area contributed by atoms with Crippen LogP contribution in [0.2, 0.25) is 5.02 Å². The summed E-state index contributed by atoms with van der Waals surface area (Å²) in [4.78, 5) is 6.13. The summed E-state index contributed by atoms with van der Waals surface area (Å²) < 4.78 is 1.84. The van der Waals surface area contributed by atoms with Gasteiger partial charge in [-0.15, -0.1) is 0 Å². The second-order valence-electron chi connectivity index (χ2n) is 4.21. The summed E-state index contributed by atoms with van der Waals surface area (Å²) in [6, 6.07) is 4.28. The molecule has 5 nitrogen and oxygen atoms in total. The average molecular weight is 260 g/mol. The minimum absolute atomic E-state index is 0.302. The largest absolute Gasteiger partial charge is 0.366 e. The molecule has 3 rings (SSSR count). The standard InChI is InChI=1S/C12H10ClN5/c13-11-5-15-2-1-12(11)17-7-10(8-17)18-6-9(3-14)4-16-18/h1-2,4-6,10H,7-8H2. The Balaban J connectivity index is 1.71. The van der Waals surface area contributed by atoms with E-state index in [1.165, 1.54) is 0 Å². The Morgan fingerprint density at radius 3 is 2.89 bits per heavy atom. The van der Waals surface area contributed by atoms with Crippen LogP contribution in [0.25, 0.3) is 0 Å². The maximum absolute atomic E-state index is 8.75. The monoisotopic (exact) mass is 259 g/mol. The molecule has 6 heteroatoms. The molecule has 1 fully saturated rings. The van der Waals surface area contributed by atoms with Crippen LogP contribution in [0.1, 0.15) is 11.6 Å². The van der Waals surface area contributed by atoms with E-state index in [-0.39, 0.29) is 0 Å². The highest BCUT2D eigenvalue weighted by molar-refractivity contribution is 6.33. The topological polar surface area (TPSA) is 57.7 Å². The molecule has 1 aliphatic heterocycles. The van der Waals surface area contributed by atoms with Crippen molar-refractivity contribution in [1.29, 1.82) is 5.26 Å². The summed E-state index contributed by atoms with van der Waals surface area (Å²) in [5.41, 5.74) is 1.59. The lowest BCUT2D eigenvalue weighted by atomic mass is 10.1. The molecule has 0 N–H and O–H groups in total. The Kier molecular flexibility index (Phi) is 2.65. The van der Waals surface area contributed by atoms with Crippen molar-refractivity contribution in [2.75, 3.05) is 18.0 Å². The van der Waals surface area contributed by atoms with E-state index in [0.717, 1.165) is 18.8 Å². The van der Waals surface area contributed by atoms with Gasteiger partial charge in [0, 0.05) is 31.7 Å². The van der Waals surface area contributed by atoms with Gasteiger partial charge < -0.3 is 4.90 Å². The zero-order valence-electron chi connectivity index (χ0n) is 9.49. The third-order valence-corrected chi connectivity index (χ3v) is 3.35. The lowest BCUT2D eigenvalue weighted by Gasteiger charge is -2.41. The molecule has 1 aliphatic rings. The number of halogens is 1. The van der Waals surface area contributed by atoms with E-state index in [1.807, 2.05) is 10.7 Å². The van der Waals surface area contributed by atoms with Gasteiger partial charge in [-0.05, 0) is 6.07 Å². The highest BCUT2D eigenvalue weighted by Gasteiger charge is 2.30. The maximum atomic E-state index is 8.75. The van der Waals surface area contributed by atoms with E-state index < -0.39 is 0 Å². The minimum atomic E-state index is 0.302. The first-order chi connectivity index (χ1) is 8.78. The maximum Gasteiger partial charge on any atom is 0.102 e. The van der Waals surface area contributed by atoms with Crippen LogP contribution in [0.3, 0.4) is 0 Å². The lowest BCUT2D eigenvalue weighted by molar-refractivity contribution is 0.368. The van der Waals surface area contributed by atoms with Crippen LogP contribution >= 0.6 is 11.6 Å². The molecule has 0 radical (unpaired) electrons.